The molecule has 0 saturated heterocycles. The maximum atomic E-state index is 12.3. The van der Waals surface area contributed by atoms with Crippen LogP contribution in [0.15, 0.2) is 46.7 Å². The number of hydrogen-bond acceptors (Lipinski definition) is 4. The summed E-state index contributed by atoms with van der Waals surface area (Å²) in [4.78, 5) is 22.9. The quantitative estimate of drug-likeness (QED) is 0.546. The second kappa shape index (κ2) is 5.31. The van der Waals surface area contributed by atoms with Gasteiger partial charge in [0.05, 0.1) is 27.4 Å². The number of pyridine rings is 1. The van der Waals surface area contributed by atoms with E-state index in [1.165, 1.54) is 28.0 Å². The molecule has 0 radical (unpaired) electrons. The molecular formula is C14H9ClN2O3S. The van der Waals surface area contributed by atoms with Crippen LogP contribution in [0.4, 0.5) is 5.69 Å². The normalized spacial score (nSPS) is 10.9. The van der Waals surface area contributed by atoms with E-state index >= 15 is 0 Å². The van der Waals surface area contributed by atoms with Gasteiger partial charge in [-0.3, -0.25) is 14.9 Å². The van der Waals surface area contributed by atoms with Crippen molar-refractivity contribution in [1.29, 1.82) is 0 Å². The van der Waals surface area contributed by atoms with Gasteiger partial charge in [0.1, 0.15) is 0 Å². The maximum absolute atomic E-state index is 12.3. The summed E-state index contributed by atoms with van der Waals surface area (Å²) >= 11 is 7.54. The van der Waals surface area contributed by atoms with Gasteiger partial charge in [-0.15, -0.1) is 11.3 Å². The molecule has 0 aliphatic rings. The number of rotatable bonds is 3. The van der Waals surface area contributed by atoms with E-state index in [1.54, 1.807) is 18.3 Å². The van der Waals surface area contributed by atoms with Crippen LogP contribution in [0.5, 0.6) is 0 Å². The number of hydrogen-bond donors (Lipinski definition) is 0. The van der Waals surface area contributed by atoms with Crippen molar-refractivity contribution >= 4 is 38.7 Å². The molecule has 0 spiro atoms. The molecule has 3 aromatic rings. The van der Waals surface area contributed by atoms with Crippen LogP contribution in [0.25, 0.3) is 10.1 Å². The molecule has 0 saturated carbocycles. The third-order valence-electron chi connectivity index (χ3n) is 3.21. The highest BCUT2D eigenvalue weighted by molar-refractivity contribution is 7.17. The fourth-order valence-electron chi connectivity index (χ4n) is 2.18. The summed E-state index contributed by atoms with van der Waals surface area (Å²) < 4.78 is 2.33. The minimum atomic E-state index is -0.491. The molecule has 0 aliphatic carbocycles. The van der Waals surface area contributed by atoms with E-state index in [4.69, 9.17) is 11.6 Å². The second-order valence-corrected chi connectivity index (χ2v) is 5.80. The lowest BCUT2D eigenvalue weighted by Crippen LogP contribution is -2.20. The van der Waals surface area contributed by atoms with Gasteiger partial charge in [-0.1, -0.05) is 17.7 Å². The maximum Gasteiger partial charge on any atom is 0.275 e. The second-order valence-electron chi connectivity index (χ2n) is 4.44. The summed E-state index contributed by atoms with van der Waals surface area (Å²) in [6.45, 7) is 0.0700. The molecule has 21 heavy (non-hydrogen) atoms. The highest BCUT2D eigenvalue weighted by Gasteiger charge is 2.17. The first-order chi connectivity index (χ1) is 10.1. The fourth-order valence-corrected chi connectivity index (χ4v) is 3.18. The van der Waals surface area contributed by atoms with Crippen LogP contribution in [0, 0.1) is 10.1 Å². The summed E-state index contributed by atoms with van der Waals surface area (Å²) in [5.74, 6) is 0. The number of nitro groups is 1. The Balaban J connectivity index is 2.13. The molecule has 0 aliphatic heterocycles. The number of fused-ring (bicyclic) bond motifs is 1. The van der Waals surface area contributed by atoms with Crippen molar-refractivity contribution in [3.8, 4) is 0 Å². The Morgan fingerprint density at radius 3 is 2.86 bits per heavy atom. The van der Waals surface area contributed by atoms with Crippen LogP contribution < -0.4 is 5.56 Å². The third kappa shape index (κ3) is 2.43. The minimum Gasteiger partial charge on any atom is -0.310 e. The van der Waals surface area contributed by atoms with E-state index in [0.717, 1.165) is 4.70 Å². The van der Waals surface area contributed by atoms with Crippen molar-refractivity contribution in [2.75, 3.05) is 0 Å². The fraction of sp³-hybridized carbons (Fsp3) is 0.0714. The molecular weight excluding hydrogens is 312 g/mol. The van der Waals surface area contributed by atoms with Crippen LogP contribution in [0.2, 0.25) is 5.02 Å². The molecule has 7 heteroatoms. The number of aromatic nitrogens is 1. The monoisotopic (exact) mass is 320 g/mol. The molecule has 0 atom stereocenters. The van der Waals surface area contributed by atoms with E-state index in [-0.39, 0.29) is 22.8 Å². The van der Waals surface area contributed by atoms with E-state index in [9.17, 15) is 14.9 Å². The number of thiophene rings is 1. The zero-order valence-electron chi connectivity index (χ0n) is 10.7. The lowest BCUT2D eigenvalue weighted by molar-refractivity contribution is -0.385. The first kappa shape index (κ1) is 13.8. The van der Waals surface area contributed by atoms with Crippen molar-refractivity contribution in [2.24, 2.45) is 0 Å². The van der Waals surface area contributed by atoms with Crippen LogP contribution in [-0.2, 0) is 6.54 Å². The highest BCUT2D eigenvalue weighted by atomic mass is 35.5. The molecule has 2 heterocycles. The zero-order chi connectivity index (χ0) is 15.0. The van der Waals surface area contributed by atoms with Gasteiger partial charge in [-0.2, -0.15) is 0 Å². The Morgan fingerprint density at radius 1 is 1.29 bits per heavy atom. The smallest absolute Gasteiger partial charge is 0.275 e. The Hall–Kier alpha value is -2.18. The van der Waals surface area contributed by atoms with Gasteiger partial charge in [-0.05, 0) is 23.6 Å². The predicted octanol–water partition coefficient (Wildman–Crippen LogP) is 3.67. The zero-order valence-corrected chi connectivity index (χ0v) is 12.2. The SMILES string of the molecule is O=c1c2ccsc2ccn1Cc1c(Cl)cccc1[N+](=O)[O-]. The minimum absolute atomic E-state index is 0.0700. The largest absolute Gasteiger partial charge is 0.310 e. The molecule has 1 aromatic carbocycles. The first-order valence-corrected chi connectivity index (χ1v) is 7.32. The molecule has 3 rings (SSSR count). The number of nitro benzene ring substituents is 1. The molecule has 5 nitrogen and oxygen atoms in total. The lowest BCUT2D eigenvalue weighted by Gasteiger charge is -2.08. The summed E-state index contributed by atoms with van der Waals surface area (Å²) in [7, 11) is 0. The van der Waals surface area contributed by atoms with Crippen molar-refractivity contribution < 1.29 is 4.92 Å². The van der Waals surface area contributed by atoms with E-state index in [2.05, 4.69) is 0 Å². The molecule has 0 N–H and O–H groups in total. The Bertz CT molecular complexity index is 901. The van der Waals surface area contributed by atoms with Gasteiger partial charge in [-0.25, -0.2) is 0 Å². The standard InChI is InChI=1S/C14H9ClN2O3S/c15-11-2-1-3-12(17(19)20)10(11)8-16-6-4-13-9(14(16)18)5-7-21-13/h1-7H,8H2. The molecule has 106 valence electrons. The van der Waals surface area contributed by atoms with E-state index < -0.39 is 4.92 Å². The summed E-state index contributed by atoms with van der Waals surface area (Å²) in [5.41, 5.74) is 0.0728. The molecule has 0 fully saturated rings. The Labute approximate surface area is 128 Å². The van der Waals surface area contributed by atoms with Gasteiger partial charge >= 0.3 is 0 Å². The summed E-state index contributed by atoms with van der Waals surface area (Å²) in [5, 5.41) is 13.8. The van der Waals surface area contributed by atoms with E-state index in [1.807, 2.05) is 11.4 Å². The van der Waals surface area contributed by atoms with Crippen LogP contribution in [0.3, 0.4) is 0 Å². The topological polar surface area (TPSA) is 65.1 Å². The third-order valence-corrected chi connectivity index (χ3v) is 4.45. The van der Waals surface area contributed by atoms with Crippen molar-refractivity contribution in [3.63, 3.8) is 0 Å². The average molecular weight is 321 g/mol. The highest BCUT2D eigenvalue weighted by Crippen LogP contribution is 2.27. The number of halogens is 1. The van der Waals surface area contributed by atoms with Gasteiger partial charge in [0, 0.05) is 17.0 Å². The van der Waals surface area contributed by atoms with Crippen molar-refractivity contribution in [3.05, 3.63) is 73.0 Å². The van der Waals surface area contributed by atoms with Gasteiger partial charge in [0.25, 0.3) is 11.2 Å². The Kier molecular flexibility index (Phi) is 3.48. The van der Waals surface area contributed by atoms with Crippen LogP contribution in [-0.4, -0.2) is 9.49 Å². The lowest BCUT2D eigenvalue weighted by atomic mass is 10.1. The first-order valence-electron chi connectivity index (χ1n) is 6.06. The molecule has 0 unspecified atom stereocenters. The van der Waals surface area contributed by atoms with Gasteiger partial charge < -0.3 is 4.57 Å². The molecule has 2 aromatic heterocycles. The van der Waals surface area contributed by atoms with Crippen LogP contribution in [0.1, 0.15) is 5.56 Å². The summed E-state index contributed by atoms with van der Waals surface area (Å²) in [6, 6.07) is 8.06. The molecule has 0 amide bonds. The van der Waals surface area contributed by atoms with Crippen molar-refractivity contribution in [2.45, 2.75) is 6.54 Å². The number of benzene rings is 1. The van der Waals surface area contributed by atoms with Gasteiger partial charge in [0.15, 0.2) is 0 Å². The Morgan fingerprint density at radius 2 is 2.10 bits per heavy atom. The molecule has 0 bridgehead atoms. The van der Waals surface area contributed by atoms with Gasteiger partial charge in [0.2, 0.25) is 0 Å². The van der Waals surface area contributed by atoms with Crippen molar-refractivity contribution in [1.82, 2.24) is 4.57 Å². The average Bonchev–Trinajstić information content (AvgIpc) is 2.92. The predicted molar refractivity (Wildman–Crippen MR) is 83.3 cm³/mol. The summed E-state index contributed by atoms with van der Waals surface area (Å²) in [6.07, 6.45) is 1.63. The van der Waals surface area contributed by atoms with E-state index in [0.29, 0.717) is 10.9 Å². The number of nitrogens with zero attached hydrogens (tertiary/aromatic N) is 2. The van der Waals surface area contributed by atoms with Crippen LogP contribution >= 0.6 is 22.9 Å².